The molecule has 0 aliphatic rings. The molecule has 0 atom stereocenters. The first-order chi connectivity index (χ1) is 9.53. The predicted molar refractivity (Wildman–Crippen MR) is 83.3 cm³/mol. The van der Waals surface area contributed by atoms with Gasteiger partial charge in [-0.2, -0.15) is 0 Å². The van der Waals surface area contributed by atoms with Crippen LogP contribution in [0.2, 0.25) is 0 Å². The van der Waals surface area contributed by atoms with Crippen molar-refractivity contribution in [2.45, 2.75) is 44.6 Å². The Morgan fingerprint density at radius 1 is 1.29 bits per heavy atom. The zero-order valence-corrected chi connectivity index (χ0v) is 13.7. The van der Waals surface area contributed by atoms with E-state index in [-0.39, 0.29) is 29.3 Å². The van der Waals surface area contributed by atoms with Crippen molar-refractivity contribution in [3.05, 3.63) is 23.8 Å². The quantitative estimate of drug-likeness (QED) is 0.710. The van der Waals surface area contributed by atoms with Crippen molar-refractivity contribution >= 4 is 21.6 Å². The van der Waals surface area contributed by atoms with Crippen LogP contribution in [-0.2, 0) is 14.8 Å². The second-order valence-electron chi connectivity index (χ2n) is 5.92. The van der Waals surface area contributed by atoms with Crippen LogP contribution in [0.4, 0.5) is 5.69 Å². The molecule has 0 saturated heterocycles. The van der Waals surface area contributed by atoms with Gasteiger partial charge in [-0.15, -0.1) is 0 Å². The number of carbonyl (C=O) groups excluding carboxylic acids is 1. The fourth-order valence-corrected chi connectivity index (χ4v) is 3.08. The van der Waals surface area contributed by atoms with Crippen molar-refractivity contribution in [3.8, 4) is 0 Å². The zero-order chi connectivity index (χ0) is 16.3. The van der Waals surface area contributed by atoms with Crippen molar-refractivity contribution in [2.75, 3.05) is 12.3 Å². The molecule has 0 fully saturated rings. The van der Waals surface area contributed by atoms with E-state index in [9.17, 15) is 13.2 Å². The average molecular weight is 313 g/mol. The molecule has 1 aromatic rings. The Morgan fingerprint density at radius 2 is 1.90 bits per heavy atom. The van der Waals surface area contributed by atoms with Gasteiger partial charge in [0.05, 0.1) is 4.90 Å². The normalized spacial score (nSPS) is 12.2. The van der Waals surface area contributed by atoms with Crippen molar-refractivity contribution in [3.63, 3.8) is 0 Å². The Hall–Kier alpha value is -1.60. The maximum atomic E-state index is 12.2. The van der Waals surface area contributed by atoms with Crippen LogP contribution in [0.25, 0.3) is 0 Å². The fourth-order valence-electron chi connectivity index (χ4n) is 1.78. The third-order valence-electron chi connectivity index (χ3n) is 2.77. The molecule has 0 aromatic heterocycles. The van der Waals surface area contributed by atoms with Gasteiger partial charge in [-0.1, -0.05) is 6.07 Å². The molecular formula is C14H23N3O3S. The first-order valence-corrected chi connectivity index (χ1v) is 8.17. The van der Waals surface area contributed by atoms with Crippen LogP contribution in [0.3, 0.4) is 0 Å². The summed E-state index contributed by atoms with van der Waals surface area (Å²) in [5.74, 6) is -0.200. The lowest BCUT2D eigenvalue weighted by molar-refractivity contribution is -0.122. The Morgan fingerprint density at radius 3 is 2.48 bits per heavy atom. The van der Waals surface area contributed by atoms with Crippen molar-refractivity contribution in [1.29, 1.82) is 0 Å². The van der Waals surface area contributed by atoms with Crippen LogP contribution >= 0.6 is 0 Å². The maximum absolute atomic E-state index is 12.2. The van der Waals surface area contributed by atoms with Crippen LogP contribution in [0.1, 0.15) is 32.8 Å². The van der Waals surface area contributed by atoms with Gasteiger partial charge in [-0.05, 0) is 45.4 Å². The number of nitrogens with two attached hydrogens (primary N) is 1. The van der Waals surface area contributed by atoms with Gasteiger partial charge in [0.25, 0.3) is 0 Å². The summed E-state index contributed by atoms with van der Waals surface area (Å²) >= 11 is 0. The molecule has 7 heteroatoms. The lowest BCUT2D eigenvalue weighted by Crippen LogP contribution is -2.42. The molecule has 0 saturated carbocycles. The number of rotatable bonds is 5. The number of hydrogen-bond donors (Lipinski definition) is 3. The first kappa shape index (κ1) is 17.5. The standard InChI is InChI=1S/C14H23N3O3S/c1-10-11(15)6-5-7-12(10)21(19,20)16-9-8-13(18)17-14(2,3)4/h5-7,16H,8-9,15H2,1-4H3,(H,17,18). The first-order valence-electron chi connectivity index (χ1n) is 6.69. The van der Waals surface area contributed by atoms with E-state index in [0.29, 0.717) is 11.3 Å². The molecule has 0 bridgehead atoms. The highest BCUT2D eigenvalue weighted by Crippen LogP contribution is 2.20. The molecule has 118 valence electrons. The van der Waals surface area contributed by atoms with Crippen LogP contribution in [0.5, 0.6) is 0 Å². The number of benzene rings is 1. The number of nitrogens with one attached hydrogen (secondary N) is 2. The summed E-state index contributed by atoms with van der Waals surface area (Å²) in [5, 5.41) is 2.77. The number of carbonyl (C=O) groups is 1. The van der Waals surface area contributed by atoms with Crippen LogP contribution < -0.4 is 15.8 Å². The van der Waals surface area contributed by atoms with Crippen LogP contribution in [0, 0.1) is 6.92 Å². The lowest BCUT2D eigenvalue weighted by Gasteiger charge is -2.20. The SMILES string of the molecule is Cc1c(N)cccc1S(=O)(=O)NCCC(=O)NC(C)(C)C. The molecule has 0 aliphatic heterocycles. The summed E-state index contributed by atoms with van der Waals surface area (Å²) in [5.41, 5.74) is 6.30. The molecule has 0 heterocycles. The number of sulfonamides is 1. The van der Waals surface area contributed by atoms with Gasteiger partial charge in [0, 0.05) is 24.2 Å². The molecule has 1 rings (SSSR count). The fraction of sp³-hybridized carbons (Fsp3) is 0.500. The monoisotopic (exact) mass is 313 g/mol. The van der Waals surface area contributed by atoms with E-state index in [4.69, 9.17) is 5.73 Å². The molecule has 0 radical (unpaired) electrons. The number of amides is 1. The maximum Gasteiger partial charge on any atom is 0.240 e. The molecule has 1 aromatic carbocycles. The van der Waals surface area contributed by atoms with E-state index in [1.165, 1.54) is 6.07 Å². The highest BCUT2D eigenvalue weighted by Gasteiger charge is 2.18. The molecular weight excluding hydrogens is 290 g/mol. The number of anilines is 1. The summed E-state index contributed by atoms with van der Waals surface area (Å²) in [6.07, 6.45) is 0.0812. The molecule has 4 N–H and O–H groups in total. The minimum absolute atomic E-state index is 0.0402. The average Bonchev–Trinajstić information content (AvgIpc) is 2.29. The zero-order valence-electron chi connectivity index (χ0n) is 12.9. The van der Waals surface area contributed by atoms with Crippen molar-refractivity contribution in [2.24, 2.45) is 0 Å². The van der Waals surface area contributed by atoms with E-state index < -0.39 is 10.0 Å². The lowest BCUT2D eigenvalue weighted by atomic mass is 10.1. The van der Waals surface area contributed by atoms with Gasteiger partial charge in [-0.3, -0.25) is 4.79 Å². The van der Waals surface area contributed by atoms with Gasteiger partial charge in [0.2, 0.25) is 15.9 Å². The minimum Gasteiger partial charge on any atom is -0.398 e. The van der Waals surface area contributed by atoms with Gasteiger partial charge < -0.3 is 11.1 Å². The van der Waals surface area contributed by atoms with Crippen LogP contribution in [0.15, 0.2) is 23.1 Å². The van der Waals surface area contributed by atoms with E-state index in [1.54, 1.807) is 19.1 Å². The Labute approximate surface area is 126 Å². The molecule has 6 nitrogen and oxygen atoms in total. The smallest absolute Gasteiger partial charge is 0.240 e. The molecule has 1 amide bonds. The number of hydrogen-bond acceptors (Lipinski definition) is 4. The molecule has 0 unspecified atom stereocenters. The van der Waals surface area contributed by atoms with Crippen LogP contribution in [-0.4, -0.2) is 26.4 Å². The third kappa shape index (κ3) is 5.35. The minimum atomic E-state index is -3.66. The third-order valence-corrected chi connectivity index (χ3v) is 4.38. The van der Waals surface area contributed by atoms with E-state index in [1.807, 2.05) is 20.8 Å². The van der Waals surface area contributed by atoms with Gasteiger partial charge in [-0.25, -0.2) is 13.1 Å². The summed E-state index contributed by atoms with van der Waals surface area (Å²) in [7, 11) is -3.66. The highest BCUT2D eigenvalue weighted by molar-refractivity contribution is 7.89. The van der Waals surface area contributed by atoms with Crippen molar-refractivity contribution < 1.29 is 13.2 Å². The van der Waals surface area contributed by atoms with Crippen molar-refractivity contribution in [1.82, 2.24) is 10.0 Å². The predicted octanol–water partition coefficient (Wildman–Crippen LogP) is 1.16. The van der Waals surface area contributed by atoms with E-state index in [2.05, 4.69) is 10.0 Å². The topological polar surface area (TPSA) is 101 Å². The van der Waals surface area contributed by atoms with Gasteiger partial charge >= 0.3 is 0 Å². The second kappa shape index (κ2) is 6.44. The summed E-state index contributed by atoms with van der Waals surface area (Å²) < 4.78 is 26.8. The number of nitrogen functional groups attached to an aromatic ring is 1. The molecule has 0 aliphatic carbocycles. The summed E-state index contributed by atoms with van der Waals surface area (Å²) in [6, 6.07) is 4.72. The molecule has 21 heavy (non-hydrogen) atoms. The Kier molecular flexibility index (Phi) is 5.36. The molecule has 0 spiro atoms. The van der Waals surface area contributed by atoms with Gasteiger partial charge in [0.15, 0.2) is 0 Å². The second-order valence-corrected chi connectivity index (χ2v) is 7.65. The summed E-state index contributed by atoms with van der Waals surface area (Å²) in [6.45, 7) is 7.29. The van der Waals surface area contributed by atoms with E-state index >= 15 is 0 Å². The Balaban J connectivity index is 2.66. The van der Waals surface area contributed by atoms with Gasteiger partial charge in [0.1, 0.15) is 0 Å². The highest BCUT2D eigenvalue weighted by atomic mass is 32.2. The largest absolute Gasteiger partial charge is 0.398 e. The summed E-state index contributed by atoms with van der Waals surface area (Å²) in [4.78, 5) is 11.8. The Bertz CT molecular complexity index is 619. The van der Waals surface area contributed by atoms with E-state index in [0.717, 1.165) is 0 Å².